The van der Waals surface area contributed by atoms with Gasteiger partial charge in [0.2, 0.25) is 0 Å². The molecule has 3 aliphatic rings. The molecule has 8 nitrogen and oxygen atoms in total. The van der Waals surface area contributed by atoms with Crippen molar-refractivity contribution in [3.63, 3.8) is 0 Å². The van der Waals surface area contributed by atoms with Crippen LogP contribution in [0.4, 0.5) is 10.6 Å². The molecule has 2 amide bonds. The summed E-state index contributed by atoms with van der Waals surface area (Å²) in [6.07, 6.45) is 10.1. The lowest BCUT2D eigenvalue weighted by atomic mass is 9.85. The Morgan fingerprint density at radius 1 is 0.974 bits per heavy atom. The number of carbonyl (C=O) groups excluding carboxylic acids is 1. The van der Waals surface area contributed by atoms with Crippen LogP contribution in [0.5, 0.6) is 0 Å². The Morgan fingerprint density at radius 2 is 1.74 bits per heavy atom. The number of hydrogen-bond acceptors (Lipinski definition) is 5. The fraction of sp³-hybridized carbons (Fsp3) is 0.400. The topological polar surface area (TPSA) is 101 Å². The van der Waals surface area contributed by atoms with Gasteiger partial charge < -0.3 is 16.0 Å². The Labute approximate surface area is 222 Å². The number of nitrogen functional groups attached to an aromatic ring is 1. The lowest BCUT2D eigenvalue weighted by molar-refractivity contribution is 0.138. The van der Waals surface area contributed by atoms with Gasteiger partial charge in [-0.05, 0) is 57.4 Å². The number of nitrogens with two attached hydrogens (primary N) is 1. The summed E-state index contributed by atoms with van der Waals surface area (Å²) < 4.78 is 1.82. The molecule has 5 heterocycles. The van der Waals surface area contributed by atoms with Crippen LogP contribution in [0.2, 0.25) is 0 Å². The summed E-state index contributed by atoms with van der Waals surface area (Å²) in [7, 11) is 0. The number of nitrogens with zero attached hydrogens (tertiary/aromatic N) is 5. The van der Waals surface area contributed by atoms with Gasteiger partial charge in [-0.15, -0.1) is 0 Å². The Bertz CT molecular complexity index is 1480. The summed E-state index contributed by atoms with van der Waals surface area (Å²) in [6.45, 7) is 2.63. The number of hydrogen-bond donors (Lipinski definition) is 2. The van der Waals surface area contributed by atoms with Gasteiger partial charge in [0, 0.05) is 53.0 Å². The van der Waals surface area contributed by atoms with Crippen LogP contribution in [0, 0.1) is 0 Å². The highest BCUT2D eigenvalue weighted by Crippen LogP contribution is 2.50. The first-order valence-corrected chi connectivity index (χ1v) is 13.9. The van der Waals surface area contributed by atoms with E-state index in [1.165, 1.54) is 5.56 Å². The largest absolute Gasteiger partial charge is 0.383 e. The van der Waals surface area contributed by atoms with Crippen LogP contribution in [-0.2, 0) is 0 Å². The van der Waals surface area contributed by atoms with Gasteiger partial charge in [-0.1, -0.05) is 36.4 Å². The molecular formula is C30H33N7O. The molecule has 3 atom stereocenters. The van der Waals surface area contributed by atoms with Crippen molar-refractivity contribution in [2.75, 3.05) is 12.3 Å². The molecular weight excluding hydrogens is 474 g/mol. The zero-order valence-corrected chi connectivity index (χ0v) is 21.7. The third-order valence-electron chi connectivity index (χ3n) is 8.56. The predicted octanol–water partition coefficient (Wildman–Crippen LogP) is 5.36. The number of aromatic nitrogens is 4. The average molecular weight is 508 g/mol. The van der Waals surface area contributed by atoms with Gasteiger partial charge in [-0.2, -0.15) is 9.61 Å². The molecule has 0 spiro atoms. The molecule has 8 heteroatoms. The number of rotatable bonds is 5. The van der Waals surface area contributed by atoms with E-state index in [1.54, 1.807) is 0 Å². The Morgan fingerprint density at radius 3 is 2.39 bits per heavy atom. The van der Waals surface area contributed by atoms with Crippen LogP contribution in [0.1, 0.15) is 68.5 Å². The maximum atomic E-state index is 12.8. The van der Waals surface area contributed by atoms with Crippen LogP contribution in [0.15, 0.2) is 54.9 Å². The number of benzene rings is 1. The number of pyridine rings is 1. The number of carbonyl (C=O) groups is 1. The van der Waals surface area contributed by atoms with Gasteiger partial charge in [0.05, 0.1) is 17.6 Å². The average Bonchev–Trinajstić information content (AvgIpc) is 3.63. The van der Waals surface area contributed by atoms with Gasteiger partial charge >= 0.3 is 6.03 Å². The minimum atomic E-state index is 0.0771. The van der Waals surface area contributed by atoms with E-state index in [-0.39, 0.29) is 18.1 Å². The molecule has 2 aliphatic heterocycles. The number of amides is 2. The number of nitrogens with one attached hydrogen (secondary N) is 1. The molecule has 3 aromatic heterocycles. The van der Waals surface area contributed by atoms with E-state index in [4.69, 9.17) is 15.7 Å². The molecule has 0 radical (unpaired) electrons. The highest BCUT2D eigenvalue weighted by Gasteiger charge is 2.45. The Balaban J connectivity index is 1.26. The highest BCUT2D eigenvalue weighted by molar-refractivity contribution is 5.79. The first kappa shape index (κ1) is 23.2. The van der Waals surface area contributed by atoms with Crippen molar-refractivity contribution in [1.82, 2.24) is 29.8 Å². The summed E-state index contributed by atoms with van der Waals surface area (Å²) >= 11 is 0. The maximum Gasteiger partial charge on any atom is 0.317 e. The smallest absolute Gasteiger partial charge is 0.317 e. The van der Waals surface area contributed by atoms with E-state index in [0.717, 1.165) is 72.3 Å². The Hall–Kier alpha value is -3.94. The van der Waals surface area contributed by atoms with E-state index in [0.29, 0.717) is 24.2 Å². The quantitative estimate of drug-likeness (QED) is 0.379. The summed E-state index contributed by atoms with van der Waals surface area (Å²) in [6, 6.07) is 14.9. The van der Waals surface area contributed by atoms with Crippen molar-refractivity contribution < 1.29 is 4.79 Å². The zero-order chi connectivity index (χ0) is 25.8. The van der Waals surface area contributed by atoms with Crippen molar-refractivity contribution in [3.05, 3.63) is 66.1 Å². The first-order chi connectivity index (χ1) is 18.6. The number of fused-ring (bicyclic) bond motifs is 3. The molecule has 3 fully saturated rings. The zero-order valence-electron chi connectivity index (χ0n) is 21.7. The molecule has 194 valence electrons. The standard InChI is InChI=1S/C30H33N7O/c1-2-32-30(38)36-22-11-12-23(36)15-21(14-22)27-26(19-8-9-19)28(31)37-29(35-27)24(17-34-37)20-10-13-25(33-16-20)18-6-4-3-5-7-18/h3-7,10,13,16-17,19,21-23H,2,8-9,11-12,14-15,31H2,1H3,(H,32,38)/t21?,22-,23?/m0/s1. The third-order valence-corrected chi connectivity index (χ3v) is 8.56. The summed E-state index contributed by atoms with van der Waals surface area (Å²) in [5.74, 6) is 1.47. The van der Waals surface area contributed by atoms with Crippen LogP contribution < -0.4 is 11.1 Å². The second kappa shape index (κ2) is 9.11. The normalized spacial score (nSPS) is 22.7. The van der Waals surface area contributed by atoms with Crippen molar-refractivity contribution in [2.45, 2.75) is 69.4 Å². The first-order valence-electron chi connectivity index (χ1n) is 13.9. The monoisotopic (exact) mass is 507 g/mol. The van der Waals surface area contributed by atoms with E-state index >= 15 is 0 Å². The van der Waals surface area contributed by atoms with Crippen LogP contribution in [-0.4, -0.2) is 49.1 Å². The molecule has 4 aromatic rings. The summed E-state index contributed by atoms with van der Waals surface area (Å²) in [5, 5.41) is 7.68. The number of piperidine rings is 1. The van der Waals surface area contributed by atoms with Crippen molar-refractivity contribution in [3.8, 4) is 22.4 Å². The minimum Gasteiger partial charge on any atom is -0.383 e. The van der Waals surface area contributed by atoms with Crippen LogP contribution in [0.3, 0.4) is 0 Å². The van der Waals surface area contributed by atoms with Gasteiger partial charge in [-0.25, -0.2) is 9.78 Å². The van der Waals surface area contributed by atoms with Crippen molar-refractivity contribution >= 4 is 17.5 Å². The van der Waals surface area contributed by atoms with Crippen molar-refractivity contribution in [2.24, 2.45) is 0 Å². The van der Waals surface area contributed by atoms with E-state index in [9.17, 15) is 4.79 Å². The fourth-order valence-corrected chi connectivity index (χ4v) is 6.66. The minimum absolute atomic E-state index is 0.0771. The van der Waals surface area contributed by atoms with E-state index < -0.39 is 0 Å². The lowest BCUT2D eigenvalue weighted by Crippen LogP contribution is -2.50. The number of urea groups is 1. The second-order valence-electron chi connectivity index (χ2n) is 11.0. The molecule has 1 aliphatic carbocycles. The molecule has 3 N–H and O–H groups in total. The lowest BCUT2D eigenvalue weighted by Gasteiger charge is -2.39. The molecule has 1 saturated carbocycles. The molecule has 7 rings (SSSR count). The SMILES string of the molecule is CCNC(=O)N1C2CC[C@H]1CC(c1nc3c(-c4ccc(-c5ccccc5)nc4)cnn3c(N)c1C1CC1)C2. The molecule has 38 heavy (non-hydrogen) atoms. The van der Waals surface area contributed by atoms with Gasteiger partial charge in [-0.3, -0.25) is 4.98 Å². The summed E-state index contributed by atoms with van der Waals surface area (Å²) in [4.78, 5) is 24.9. The Kier molecular flexibility index (Phi) is 5.56. The second-order valence-corrected chi connectivity index (χ2v) is 11.0. The van der Waals surface area contributed by atoms with Crippen LogP contribution in [0.25, 0.3) is 28.0 Å². The molecule has 1 aromatic carbocycles. The van der Waals surface area contributed by atoms with Crippen LogP contribution >= 0.6 is 0 Å². The molecule has 2 bridgehead atoms. The third kappa shape index (κ3) is 3.81. The van der Waals surface area contributed by atoms with Crippen molar-refractivity contribution in [1.29, 1.82) is 0 Å². The highest BCUT2D eigenvalue weighted by atomic mass is 16.2. The fourth-order valence-electron chi connectivity index (χ4n) is 6.66. The summed E-state index contributed by atoms with van der Waals surface area (Å²) in [5.41, 5.74) is 13.9. The number of anilines is 1. The van der Waals surface area contributed by atoms with E-state index in [1.807, 2.05) is 48.1 Å². The van der Waals surface area contributed by atoms with E-state index in [2.05, 4.69) is 33.5 Å². The van der Waals surface area contributed by atoms with Gasteiger partial charge in [0.25, 0.3) is 0 Å². The molecule has 2 unspecified atom stereocenters. The maximum absolute atomic E-state index is 12.8. The molecule has 2 saturated heterocycles. The van der Waals surface area contributed by atoms with Gasteiger partial charge in [0.15, 0.2) is 5.65 Å². The predicted molar refractivity (Wildman–Crippen MR) is 148 cm³/mol. The van der Waals surface area contributed by atoms with Gasteiger partial charge in [0.1, 0.15) is 5.82 Å².